The molecule has 0 spiro atoms. The van der Waals surface area contributed by atoms with Crippen molar-refractivity contribution in [2.45, 2.75) is 0 Å². The molecular weight excluding hydrogens is 311 g/mol. The fourth-order valence-corrected chi connectivity index (χ4v) is 1.88. The maximum atomic E-state index is 13.6. The van der Waals surface area contributed by atoms with E-state index >= 15 is 0 Å². The first kappa shape index (κ1) is 13.1. The molecule has 2 aromatic rings. The minimum Gasteiger partial charge on any atom is -0.454 e. The van der Waals surface area contributed by atoms with Crippen LogP contribution in [0.5, 0.6) is 11.5 Å². The highest BCUT2D eigenvalue weighted by Gasteiger charge is 2.07. The van der Waals surface area contributed by atoms with Gasteiger partial charge in [-0.2, -0.15) is 10.5 Å². The summed E-state index contributed by atoms with van der Waals surface area (Å²) >= 11 is 3.22. The van der Waals surface area contributed by atoms with E-state index in [0.29, 0.717) is 15.8 Å². The van der Waals surface area contributed by atoms with E-state index in [-0.39, 0.29) is 11.3 Å². The molecule has 0 saturated carbocycles. The molecule has 2 aromatic carbocycles. The minimum atomic E-state index is -0.612. The molecule has 0 heterocycles. The van der Waals surface area contributed by atoms with Crippen LogP contribution in [0.1, 0.15) is 11.1 Å². The smallest absolute Gasteiger partial charge is 0.167 e. The summed E-state index contributed by atoms with van der Waals surface area (Å²) in [5, 5.41) is 17.4. The second-order valence-electron chi connectivity index (χ2n) is 3.61. The van der Waals surface area contributed by atoms with Crippen molar-refractivity contribution in [2.75, 3.05) is 0 Å². The van der Waals surface area contributed by atoms with E-state index in [9.17, 15) is 4.39 Å². The normalized spacial score (nSPS) is 9.47. The Morgan fingerprint density at radius 3 is 2.42 bits per heavy atom. The Hall–Kier alpha value is -2.37. The second-order valence-corrected chi connectivity index (χ2v) is 4.47. The van der Waals surface area contributed by atoms with Crippen LogP contribution < -0.4 is 4.74 Å². The number of ether oxygens (including phenoxy) is 1. The fraction of sp³-hybridized carbons (Fsp3) is 0. The van der Waals surface area contributed by atoms with Crippen LogP contribution in [0.15, 0.2) is 40.9 Å². The number of halogens is 2. The van der Waals surface area contributed by atoms with Crippen LogP contribution >= 0.6 is 15.9 Å². The van der Waals surface area contributed by atoms with Gasteiger partial charge in [0.05, 0.1) is 17.2 Å². The summed E-state index contributed by atoms with van der Waals surface area (Å²) in [6, 6.07) is 12.5. The summed E-state index contributed by atoms with van der Waals surface area (Å²) in [5.41, 5.74) is 0.693. The molecule has 0 aliphatic carbocycles. The number of nitrogens with zero attached hydrogens (tertiary/aromatic N) is 2. The Balaban J connectivity index is 2.30. The SMILES string of the molecule is N#Cc1ccc(Oc2ccc(C#N)c(Br)c2)c(F)c1. The van der Waals surface area contributed by atoms with Crippen molar-refractivity contribution in [2.24, 2.45) is 0 Å². The van der Waals surface area contributed by atoms with Gasteiger partial charge in [-0.3, -0.25) is 0 Å². The van der Waals surface area contributed by atoms with Gasteiger partial charge < -0.3 is 4.74 Å². The maximum Gasteiger partial charge on any atom is 0.167 e. The highest BCUT2D eigenvalue weighted by Crippen LogP contribution is 2.28. The Kier molecular flexibility index (Phi) is 3.79. The second kappa shape index (κ2) is 5.51. The standard InChI is InChI=1S/C14H6BrFN2O/c15-12-6-11(3-2-10(12)8-18)19-14-4-1-9(7-17)5-13(14)16/h1-6H. The van der Waals surface area contributed by atoms with Crippen LogP contribution in [-0.2, 0) is 0 Å². The molecule has 0 atom stereocenters. The molecule has 2 rings (SSSR count). The van der Waals surface area contributed by atoms with Crippen molar-refractivity contribution in [3.63, 3.8) is 0 Å². The fourth-order valence-electron chi connectivity index (χ4n) is 1.43. The Bertz CT molecular complexity index is 716. The summed E-state index contributed by atoms with van der Waals surface area (Å²) in [5.74, 6) is -0.190. The molecule has 3 nitrogen and oxygen atoms in total. The van der Waals surface area contributed by atoms with Crippen LogP contribution in [0.2, 0.25) is 0 Å². The van der Waals surface area contributed by atoms with Gasteiger partial charge in [0.1, 0.15) is 11.8 Å². The quantitative estimate of drug-likeness (QED) is 0.837. The summed E-state index contributed by atoms with van der Waals surface area (Å²) < 4.78 is 19.6. The predicted molar refractivity (Wildman–Crippen MR) is 70.0 cm³/mol. The van der Waals surface area contributed by atoms with Gasteiger partial charge in [-0.25, -0.2) is 4.39 Å². The zero-order valence-corrected chi connectivity index (χ0v) is 11.1. The third-order valence-corrected chi connectivity index (χ3v) is 3.01. The molecule has 0 unspecified atom stereocenters. The van der Waals surface area contributed by atoms with E-state index in [4.69, 9.17) is 15.3 Å². The van der Waals surface area contributed by atoms with Crippen LogP contribution in [0, 0.1) is 28.5 Å². The van der Waals surface area contributed by atoms with Crippen molar-refractivity contribution >= 4 is 15.9 Å². The molecule has 0 fully saturated rings. The zero-order valence-electron chi connectivity index (χ0n) is 9.52. The number of nitriles is 2. The summed E-state index contributed by atoms with van der Waals surface area (Å²) in [6.45, 7) is 0. The van der Waals surface area contributed by atoms with E-state index in [2.05, 4.69) is 15.9 Å². The third-order valence-electron chi connectivity index (χ3n) is 2.35. The van der Waals surface area contributed by atoms with E-state index < -0.39 is 5.82 Å². The molecule has 0 aliphatic heterocycles. The van der Waals surface area contributed by atoms with Gasteiger partial charge >= 0.3 is 0 Å². The van der Waals surface area contributed by atoms with Crippen LogP contribution in [0.25, 0.3) is 0 Å². The van der Waals surface area contributed by atoms with E-state index in [1.165, 1.54) is 12.1 Å². The third kappa shape index (κ3) is 2.90. The van der Waals surface area contributed by atoms with Crippen molar-refractivity contribution in [1.82, 2.24) is 0 Å². The highest BCUT2D eigenvalue weighted by molar-refractivity contribution is 9.10. The van der Waals surface area contributed by atoms with Crippen molar-refractivity contribution in [1.29, 1.82) is 10.5 Å². The molecule has 5 heteroatoms. The summed E-state index contributed by atoms with van der Waals surface area (Å²) in [6.07, 6.45) is 0. The zero-order chi connectivity index (χ0) is 13.8. The molecule has 0 aromatic heterocycles. The Labute approximate surface area is 117 Å². The topological polar surface area (TPSA) is 56.8 Å². The van der Waals surface area contributed by atoms with Gasteiger partial charge in [0.15, 0.2) is 11.6 Å². The van der Waals surface area contributed by atoms with Crippen LogP contribution in [0.4, 0.5) is 4.39 Å². The van der Waals surface area contributed by atoms with Gasteiger partial charge in [-0.15, -0.1) is 0 Å². The highest BCUT2D eigenvalue weighted by atomic mass is 79.9. The maximum absolute atomic E-state index is 13.6. The average molecular weight is 317 g/mol. The number of hydrogen-bond donors (Lipinski definition) is 0. The van der Waals surface area contributed by atoms with Gasteiger partial charge in [0.25, 0.3) is 0 Å². The van der Waals surface area contributed by atoms with Crippen LogP contribution in [0.3, 0.4) is 0 Å². The lowest BCUT2D eigenvalue weighted by molar-refractivity contribution is 0.442. The van der Waals surface area contributed by atoms with E-state index in [1.807, 2.05) is 12.1 Å². The lowest BCUT2D eigenvalue weighted by Crippen LogP contribution is -1.90. The Morgan fingerprint density at radius 2 is 1.84 bits per heavy atom. The van der Waals surface area contributed by atoms with Gasteiger partial charge in [-0.1, -0.05) is 0 Å². The minimum absolute atomic E-state index is 0.0237. The first-order valence-corrected chi connectivity index (χ1v) is 6.00. The van der Waals surface area contributed by atoms with Crippen molar-refractivity contribution in [3.8, 4) is 23.6 Å². The predicted octanol–water partition coefficient (Wildman–Crippen LogP) is 4.12. The molecule has 0 aliphatic rings. The van der Waals surface area contributed by atoms with Crippen LogP contribution in [-0.4, -0.2) is 0 Å². The largest absolute Gasteiger partial charge is 0.454 e. The molecule has 0 saturated heterocycles. The van der Waals surface area contributed by atoms with E-state index in [1.54, 1.807) is 18.2 Å². The molecule has 0 radical (unpaired) electrons. The monoisotopic (exact) mass is 316 g/mol. The Morgan fingerprint density at radius 1 is 1.05 bits per heavy atom. The van der Waals surface area contributed by atoms with Gasteiger partial charge in [0, 0.05) is 4.47 Å². The molecule has 19 heavy (non-hydrogen) atoms. The lowest BCUT2D eigenvalue weighted by atomic mass is 10.2. The first-order chi connectivity index (χ1) is 9.13. The number of hydrogen-bond acceptors (Lipinski definition) is 3. The van der Waals surface area contributed by atoms with Crippen molar-refractivity contribution in [3.05, 3.63) is 57.8 Å². The molecule has 0 amide bonds. The lowest BCUT2D eigenvalue weighted by Gasteiger charge is -2.07. The number of rotatable bonds is 2. The van der Waals surface area contributed by atoms with E-state index in [0.717, 1.165) is 6.07 Å². The van der Waals surface area contributed by atoms with Gasteiger partial charge in [-0.05, 0) is 52.3 Å². The van der Waals surface area contributed by atoms with Gasteiger partial charge in [0.2, 0.25) is 0 Å². The first-order valence-electron chi connectivity index (χ1n) is 5.21. The molecular formula is C14H6BrFN2O. The number of benzene rings is 2. The summed E-state index contributed by atoms with van der Waals surface area (Å²) in [7, 11) is 0. The average Bonchev–Trinajstić information content (AvgIpc) is 2.41. The van der Waals surface area contributed by atoms with Crippen molar-refractivity contribution < 1.29 is 9.13 Å². The molecule has 92 valence electrons. The molecule has 0 bridgehead atoms. The molecule has 0 N–H and O–H groups in total. The summed E-state index contributed by atoms with van der Waals surface area (Å²) in [4.78, 5) is 0.